The Morgan fingerprint density at radius 3 is 1.00 bits per heavy atom. The zero-order valence-corrected chi connectivity index (χ0v) is 29.0. The van der Waals surface area contributed by atoms with Crippen molar-refractivity contribution in [1.82, 2.24) is 19.6 Å². The molecule has 4 rings (SSSR count). The molecule has 0 amide bonds. The molecule has 4 saturated heterocycles. The van der Waals surface area contributed by atoms with E-state index in [1.165, 1.54) is 0 Å². The molecule has 4 aliphatic heterocycles. The van der Waals surface area contributed by atoms with Crippen molar-refractivity contribution in [2.24, 2.45) is 0 Å². The molecule has 1 atom stereocenters. The van der Waals surface area contributed by atoms with Gasteiger partial charge in [-0.1, -0.05) is 0 Å². The van der Waals surface area contributed by atoms with Crippen molar-refractivity contribution in [3.05, 3.63) is 0 Å². The standard InChI is InChI=1S/C9H17F2N.C8H15F2N.C8H16FN.C7H13F2N/c1-8(2,3)12-6-4-9(10,11)5-7-12;1-7(2,3)11-5-4-8(9,10)6-11;1-8(2,3)10-5-4-7(9)6-10;1-6(2,3)10-4-7(8,9)5-10/h4-7H2,1-3H3;4-6H2,1-3H3;7H,4-6H2,1-3H3;4-5H2,1-3H3. The van der Waals surface area contributed by atoms with Crippen LogP contribution in [0.3, 0.4) is 0 Å². The summed E-state index contributed by atoms with van der Waals surface area (Å²) in [6.45, 7) is 27.2. The van der Waals surface area contributed by atoms with Gasteiger partial charge in [0.05, 0.1) is 19.6 Å². The first-order valence-electron chi connectivity index (χ1n) is 15.7. The van der Waals surface area contributed by atoms with E-state index in [2.05, 4.69) is 51.3 Å². The summed E-state index contributed by atoms with van der Waals surface area (Å²) in [7, 11) is 0. The van der Waals surface area contributed by atoms with Crippen molar-refractivity contribution >= 4 is 0 Å². The predicted octanol–water partition coefficient (Wildman–Crippen LogP) is 8.21. The molecule has 1 unspecified atom stereocenters. The Bertz CT molecular complexity index is 821. The molecule has 0 N–H and O–H groups in total. The number of hydrogen-bond donors (Lipinski definition) is 0. The number of likely N-dealkylation sites (tertiary alicyclic amines) is 4. The average molecular weight is 635 g/mol. The summed E-state index contributed by atoms with van der Waals surface area (Å²) in [4.78, 5) is 7.90. The van der Waals surface area contributed by atoms with Gasteiger partial charge in [0, 0.05) is 74.1 Å². The van der Waals surface area contributed by atoms with E-state index in [0.717, 1.165) is 13.0 Å². The lowest BCUT2D eigenvalue weighted by molar-refractivity contribution is -0.160. The quantitative estimate of drug-likeness (QED) is 0.249. The van der Waals surface area contributed by atoms with Crippen LogP contribution in [0.1, 0.15) is 109 Å². The summed E-state index contributed by atoms with van der Waals surface area (Å²) >= 11 is 0. The molecule has 43 heavy (non-hydrogen) atoms. The lowest BCUT2D eigenvalue weighted by atomic mass is 9.99. The molecule has 4 heterocycles. The number of nitrogens with zero attached hydrogens (tertiary/aromatic N) is 4. The molecule has 0 radical (unpaired) electrons. The molecule has 11 heteroatoms. The number of hydrogen-bond acceptors (Lipinski definition) is 4. The number of piperidine rings is 1. The molecule has 0 aromatic carbocycles. The van der Waals surface area contributed by atoms with E-state index >= 15 is 0 Å². The fourth-order valence-electron chi connectivity index (χ4n) is 5.13. The second-order valence-corrected chi connectivity index (χ2v) is 16.6. The fourth-order valence-corrected chi connectivity index (χ4v) is 5.13. The van der Waals surface area contributed by atoms with Crippen molar-refractivity contribution in [3.63, 3.8) is 0 Å². The Kier molecular flexibility index (Phi) is 13.5. The van der Waals surface area contributed by atoms with Crippen LogP contribution in [0.15, 0.2) is 0 Å². The highest BCUT2D eigenvalue weighted by atomic mass is 19.3. The van der Waals surface area contributed by atoms with Crippen molar-refractivity contribution in [1.29, 1.82) is 0 Å². The number of rotatable bonds is 0. The number of halogens is 7. The van der Waals surface area contributed by atoms with Gasteiger partial charge in [0.15, 0.2) is 0 Å². The van der Waals surface area contributed by atoms with Crippen LogP contribution in [0.2, 0.25) is 0 Å². The first-order chi connectivity index (χ1) is 18.9. The van der Waals surface area contributed by atoms with Crippen LogP contribution in [0.4, 0.5) is 30.7 Å². The Morgan fingerprint density at radius 2 is 0.791 bits per heavy atom. The van der Waals surface area contributed by atoms with Crippen LogP contribution in [-0.2, 0) is 0 Å². The maximum atomic E-state index is 12.7. The van der Waals surface area contributed by atoms with Gasteiger partial charge in [-0.25, -0.2) is 30.7 Å². The molecular weight excluding hydrogens is 573 g/mol. The van der Waals surface area contributed by atoms with E-state index in [4.69, 9.17) is 0 Å². The summed E-state index contributed by atoms with van der Waals surface area (Å²) in [5.74, 6) is -7.29. The summed E-state index contributed by atoms with van der Waals surface area (Å²) in [6, 6.07) is 0. The van der Waals surface area contributed by atoms with Crippen molar-refractivity contribution in [2.45, 2.75) is 155 Å². The molecule has 0 bridgehead atoms. The van der Waals surface area contributed by atoms with Crippen LogP contribution in [0, 0.1) is 0 Å². The molecule has 258 valence electrons. The first-order valence-corrected chi connectivity index (χ1v) is 15.7. The van der Waals surface area contributed by atoms with Gasteiger partial charge in [-0.05, 0) is 89.5 Å². The minimum atomic E-state index is -2.45. The van der Waals surface area contributed by atoms with E-state index in [1.807, 2.05) is 46.4 Å². The monoisotopic (exact) mass is 634 g/mol. The van der Waals surface area contributed by atoms with Gasteiger partial charge in [-0.2, -0.15) is 0 Å². The van der Waals surface area contributed by atoms with Crippen molar-refractivity contribution in [2.75, 3.05) is 52.4 Å². The van der Waals surface area contributed by atoms with E-state index in [1.54, 1.807) is 4.90 Å². The SMILES string of the molecule is CC(C)(C)N1CC(F)(F)C1.CC(C)(C)N1CCC(F)(F)C1.CC(C)(C)N1CCC(F)(F)CC1.CC(C)(C)N1CCC(F)C1. The highest BCUT2D eigenvalue weighted by Gasteiger charge is 2.47. The molecule has 4 nitrogen and oxygen atoms in total. The normalized spacial score (nSPS) is 26.7. The maximum Gasteiger partial charge on any atom is 0.272 e. The van der Waals surface area contributed by atoms with E-state index in [-0.39, 0.29) is 61.1 Å². The van der Waals surface area contributed by atoms with Gasteiger partial charge in [0.25, 0.3) is 17.8 Å². The number of alkyl halides is 7. The topological polar surface area (TPSA) is 13.0 Å². The third kappa shape index (κ3) is 15.0. The summed E-state index contributed by atoms with van der Waals surface area (Å²) in [6.07, 6.45) is 0.190. The lowest BCUT2D eigenvalue weighted by Gasteiger charge is -2.47. The molecule has 4 fully saturated rings. The Hall–Kier alpha value is -0.650. The van der Waals surface area contributed by atoms with Crippen LogP contribution in [0.5, 0.6) is 0 Å². The second-order valence-electron chi connectivity index (χ2n) is 16.6. The van der Waals surface area contributed by atoms with E-state index in [0.29, 0.717) is 26.2 Å². The third-order valence-electron chi connectivity index (χ3n) is 8.43. The van der Waals surface area contributed by atoms with Crippen LogP contribution < -0.4 is 0 Å². The minimum absolute atomic E-state index is 0.0181. The van der Waals surface area contributed by atoms with Crippen LogP contribution >= 0.6 is 0 Å². The molecule has 4 aliphatic rings. The summed E-state index contributed by atoms with van der Waals surface area (Å²) in [5, 5.41) is 0. The highest BCUT2D eigenvalue weighted by molar-refractivity contribution is 4.94. The zero-order chi connectivity index (χ0) is 33.9. The fraction of sp³-hybridized carbons (Fsp3) is 1.00. The molecule has 0 saturated carbocycles. The second kappa shape index (κ2) is 14.4. The minimum Gasteiger partial charge on any atom is -0.298 e. The zero-order valence-electron chi connectivity index (χ0n) is 29.0. The Balaban J connectivity index is 0.000000287. The maximum absolute atomic E-state index is 12.7. The lowest BCUT2D eigenvalue weighted by Crippen LogP contribution is -2.62. The van der Waals surface area contributed by atoms with Gasteiger partial charge in [-0.3, -0.25) is 19.6 Å². The Morgan fingerprint density at radius 1 is 0.442 bits per heavy atom. The smallest absolute Gasteiger partial charge is 0.272 e. The molecule has 0 aromatic rings. The van der Waals surface area contributed by atoms with Gasteiger partial charge in [0.1, 0.15) is 6.17 Å². The molecular formula is C32H61F7N4. The van der Waals surface area contributed by atoms with Crippen LogP contribution in [-0.4, -0.2) is 118 Å². The largest absolute Gasteiger partial charge is 0.298 e. The molecule has 0 aliphatic carbocycles. The Labute approximate surface area is 257 Å². The molecule has 0 aromatic heterocycles. The molecule has 0 spiro atoms. The van der Waals surface area contributed by atoms with Gasteiger partial charge in [-0.15, -0.1) is 0 Å². The van der Waals surface area contributed by atoms with Gasteiger partial charge >= 0.3 is 0 Å². The van der Waals surface area contributed by atoms with Gasteiger partial charge in [0.2, 0.25) is 0 Å². The van der Waals surface area contributed by atoms with E-state index in [9.17, 15) is 30.7 Å². The van der Waals surface area contributed by atoms with Gasteiger partial charge < -0.3 is 0 Å². The van der Waals surface area contributed by atoms with Crippen LogP contribution in [0.25, 0.3) is 0 Å². The van der Waals surface area contributed by atoms with Crippen molar-refractivity contribution < 1.29 is 30.7 Å². The highest BCUT2D eigenvalue weighted by Crippen LogP contribution is 2.33. The van der Waals surface area contributed by atoms with Crippen molar-refractivity contribution in [3.8, 4) is 0 Å². The summed E-state index contributed by atoms with van der Waals surface area (Å²) < 4.78 is 88.1. The third-order valence-corrected chi connectivity index (χ3v) is 8.43. The summed E-state index contributed by atoms with van der Waals surface area (Å²) in [5.41, 5.74) is -0.0149. The average Bonchev–Trinajstić information content (AvgIpc) is 3.37. The first kappa shape index (κ1) is 40.4. The predicted molar refractivity (Wildman–Crippen MR) is 164 cm³/mol. The van der Waals surface area contributed by atoms with E-state index < -0.39 is 23.9 Å².